The van der Waals surface area contributed by atoms with Crippen molar-refractivity contribution in [2.75, 3.05) is 7.11 Å². The van der Waals surface area contributed by atoms with Crippen LogP contribution in [0.4, 0.5) is 5.69 Å². The number of amidine groups is 1. The lowest BCUT2D eigenvalue weighted by molar-refractivity contribution is -0.126. The van der Waals surface area contributed by atoms with Crippen molar-refractivity contribution in [2.24, 2.45) is 4.99 Å². The topological polar surface area (TPSA) is 53.9 Å². The van der Waals surface area contributed by atoms with Crippen molar-refractivity contribution in [1.29, 1.82) is 0 Å². The van der Waals surface area contributed by atoms with Gasteiger partial charge < -0.3 is 4.74 Å². The van der Waals surface area contributed by atoms with Crippen molar-refractivity contribution in [2.45, 2.75) is 5.37 Å². The van der Waals surface area contributed by atoms with E-state index in [0.717, 1.165) is 28.1 Å². The van der Waals surface area contributed by atoms with Crippen molar-refractivity contribution >= 4 is 46.2 Å². The van der Waals surface area contributed by atoms with Gasteiger partial charge in [-0.25, -0.2) is 10.0 Å². The third-order valence-electron chi connectivity index (χ3n) is 5.91. The number of nitrogens with one attached hydrogen (secondary N) is 1. The summed E-state index contributed by atoms with van der Waals surface area (Å²) >= 11 is 1.48. The van der Waals surface area contributed by atoms with E-state index in [9.17, 15) is 4.79 Å². The van der Waals surface area contributed by atoms with Crippen molar-refractivity contribution in [3.8, 4) is 5.75 Å². The summed E-state index contributed by atoms with van der Waals surface area (Å²) in [6, 6.07) is 37.1. The molecule has 4 aromatic rings. The lowest BCUT2D eigenvalue weighted by Crippen LogP contribution is -2.43. The van der Waals surface area contributed by atoms with Gasteiger partial charge >= 0.3 is 0 Å². The number of hydrazine groups is 1. The van der Waals surface area contributed by atoms with E-state index in [2.05, 4.69) is 5.43 Å². The molecular weight excluding hydrogens is 490 g/mol. The zero-order valence-corrected chi connectivity index (χ0v) is 21.7. The Balaban J connectivity index is 1.53. The van der Waals surface area contributed by atoms with Gasteiger partial charge in [0.15, 0.2) is 5.17 Å². The van der Waals surface area contributed by atoms with Crippen LogP contribution in [0.5, 0.6) is 5.75 Å². The average molecular weight is 518 g/mol. The fourth-order valence-corrected chi connectivity index (χ4v) is 4.99. The largest absolute Gasteiger partial charge is 0.496 e. The molecular formula is C32H27N3O2S. The van der Waals surface area contributed by atoms with Crippen molar-refractivity contribution in [1.82, 2.24) is 10.4 Å². The van der Waals surface area contributed by atoms with Gasteiger partial charge in [0, 0.05) is 11.1 Å². The van der Waals surface area contributed by atoms with Crippen LogP contribution >= 0.6 is 11.8 Å². The summed E-state index contributed by atoms with van der Waals surface area (Å²) in [5.41, 5.74) is 7.38. The summed E-state index contributed by atoms with van der Waals surface area (Å²) in [7, 11) is 1.65. The first-order valence-electron chi connectivity index (χ1n) is 12.3. The highest BCUT2D eigenvalue weighted by molar-refractivity contribution is 8.14. The molecule has 188 valence electrons. The van der Waals surface area contributed by atoms with E-state index in [1.54, 1.807) is 12.1 Å². The molecule has 1 amide bonds. The van der Waals surface area contributed by atoms with E-state index in [1.165, 1.54) is 11.8 Å². The molecule has 1 heterocycles. The number of ether oxygens (including phenoxy) is 1. The van der Waals surface area contributed by atoms with Crippen LogP contribution in [0.3, 0.4) is 0 Å². The van der Waals surface area contributed by atoms with Crippen LogP contribution in [0.15, 0.2) is 126 Å². The maximum absolute atomic E-state index is 14.2. The number of thioether (sulfide) groups is 1. The van der Waals surface area contributed by atoms with Gasteiger partial charge in [-0.1, -0.05) is 115 Å². The second-order valence-electron chi connectivity index (χ2n) is 8.48. The summed E-state index contributed by atoms with van der Waals surface area (Å²) in [5.74, 6) is 0.616. The van der Waals surface area contributed by atoms with Gasteiger partial charge in [0.25, 0.3) is 5.91 Å². The summed E-state index contributed by atoms with van der Waals surface area (Å²) in [5, 5.41) is 1.95. The molecule has 5 rings (SSSR count). The van der Waals surface area contributed by atoms with Crippen LogP contribution in [0.2, 0.25) is 0 Å². The Labute approximate surface area is 227 Å². The van der Waals surface area contributed by atoms with E-state index in [4.69, 9.17) is 9.73 Å². The van der Waals surface area contributed by atoms with Gasteiger partial charge in [-0.05, 0) is 41.5 Å². The van der Waals surface area contributed by atoms with Gasteiger partial charge in [0.2, 0.25) is 0 Å². The standard InChI is InChI=1S/C32H27N3O2S/c1-37-29-20-12-11-17-26(29)21-22-30-35(34-32(38-30)33-27-18-9-4-10-19-27)31(36)28(25-15-7-3-8-16-25)23-24-13-5-2-6-14-24/h2-23,30H,1H3,(H,33,34)/b22-21+,28-23+. The van der Waals surface area contributed by atoms with E-state index in [0.29, 0.717) is 10.7 Å². The Morgan fingerprint density at radius 3 is 2.21 bits per heavy atom. The Morgan fingerprint density at radius 2 is 1.50 bits per heavy atom. The number of para-hydroxylation sites is 2. The van der Waals surface area contributed by atoms with Gasteiger partial charge in [0.05, 0.1) is 12.8 Å². The average Bonchev–Trinajstić information content (AvgIpc) is 3.38. The lowest BCUT2D eigenvalue weighted by atomic mass is 10.0. The maximum atomic E-state index is 14.2. The van der Waals surface area contributed by atoms with Crippen LogP contribution in [0, 0.1) is 0 Å². The molecule has 1 atom stereocenters. The van der Waals surface area contributed by atoms with Gasteiger partial charge in [-0.3, -0.25) is 10.2 Å². The molecule has 1 aliphatic heterocycles. The first kappa shape index (κ1) is 25.1. The minimum absolute atomic E-state index is 0.152. The number of nitrogens with zero attached hydrogens (tertiary/aromatic N) is 2. The molecule has 6 heteroatoms. The molecule has 0 aliphatic carbocycles. The molecule has 4 aromatic carbocycles. The summed E-state index contributed by atoms with van der Waals surface area (Å²) in [4.78, 5) is 18.9. The van der Waals surface area contributed by atoms with Crippen LogP contribution in [-0.4, -0.2) is 28.6 Å². The number of carbonyl (C=O) groups is 1. The minimum Gasteiger partial charge on any atom is -0.496 e. The van der Waals surface area contributed by atoms with E-state index in [1.807, 2.05) is 133 Å². The summed E-state index contributed by atoms with van der Waals surface area (Å²) in [6.45, 7) is 0. The number of aliphatic imine (C=N–C) groups is 1. The number of carbonyl (C=O) groups excluding carboxylic acids is 1. The van der Waals surface area contributed by atoms with Crippen LogP contribution in [0.25, 0.3) is 17.7 Å². The highest BCUT2D eigenvalue weighted by atomic mass is 32.2. The molecule has 1 N–H and O–H groups in total. The normalized spacial score (nSPS) is 16.6. The fourth-order valence-electron chi connectivity index (χ4n) is 4.04. The molecule has 0 spiro atoms. The molecule has 5 nitrogen and oxygen atoms in total. The summed E-state index contributed by atoms with van der Waals surface area (Å²) in [6.07, 6.45) is 5.90. The minimum atomic E-state index is -0.335. The molecule has 0 aromatic heterocycles. The third-order valence-corrected chi connectivity index (χ3v) is 6.93. The monoisotopic (exact) mass is 517 g/mol. The zero-order valence-electron chi connectivity index (χ0n) is 20.9. The highest BCUT2D eigenvalue weighted by Gasteiger charge is 2.34. The van der Waals surface area contributed by atoms with E-state index >= 15 is 0 Å². The van der Waals surface area contributed by atoms with Crippen molar-refractivity contribution < 1.29 is 9.53 Å². The Bertz CT molecular complexity index is 1470. The van der Waals surface area contributed by atoms with Gasteiger partial charge in [-0.15, -0.1) is 0 Å². The van der Waals surface area contributed by atoms with Crippen molar-refractivity contribution in [3.05, 3.63) is 138 Å². The molecule has 1 saturated heterocycles. The number of hydrogen-bond acceptors (Lipinski definition) is 4. The Morgan fingerprint density at radius 1 is 0.868 bits per heavy atom. The first-order chi connectivity index (χ1) is 18.7. The van der Waals surface area contributed by atoms with Crippen molar-refractivity contribution in [3.63, 3.8) is 0 Å². The second kappa shape index (κ2) is 12.1. The molecule has 1 unspecified atom stereocenters. The molecule has 1 aliphatic rings. The van der Waals surface area contributed by atoms with E-state index in [-0.39, 0.29) is 11.3 Å². The Hall–Kier alpha value is -4.55. The molecule has 0 saturated carbocycles. The molecule has 38 heavy (non-hydrogen) atoms. The second-order valence-corrected chi connectivity index (χ2v) is 9.59. The molecule has 0 radical (unpaired) electrons. The van der Waals surface area contributed by atoms with Crippen LogP contribution in [-0.2, 0) is 4.79 Å². The van der Waals surface area contributed by atoms with E-state index < -0.39 is 0 Å². The predicted octanol–water partition coefficient (Wildman–Crippen LogP) is 7.04. The fraction of sp³-hybridized carbons (Fsp3) is 0.0625. The number of amides is 1. The van der Waals surface area contributed by atoms with Gasteiger partial charge in [-0.2, -0.15) is 0 Å². The molecule has 0 bridgehead atoms. The van der Waals surface area contributed by atoms with Gasteiger partial charge in [0.1, 0.15) is 11.1 Å². The quantitative estimate of drug-likeness (QED) is 0.211. The Kier molecular flexibility index (Phi) is 8.01. The van der Waals surface area contributed by atoms with Crippen LogP contribution in [0.1, 0.15) is 16.7 Å². The molecule has 1 fully saturated rings. The zero-order chi connectivity index (χ0) is 26.2. The predicted molar refractivity (Wildman–Crippen MR) is 158 cm³/mol. The smallest absolute Gasteiger partial charge is 0.274 e. The highest BCUT2D eigenvalue weighted by Crippen LogP contribution is 2.31. The number of methoxy groups -OCH3 is 1. The lowest BCUT2D eigenvalue weighted by Gasteiger charge is -2.22. The number of benzene rings is 4. The first-order valence-corrected chi connectivity index (χ1v) is 13.1. The third kappa shape index (κ3) is 6.05. The number of hydrogen-bond donors (Lipinski definition) is 1. The number of rotatable bonds is 7. The summed E-state index contributed by atoms with van der Waals surface area (Å²) < 4.78 is 5.51. The maximum Gasteiger partial charge on any atom is 0.274 e. The van der Waals surface area contributed by atoms with Crippen LogP contribution < -0.4 is 10.2 Å². The SMILES string of the molecule is COc1ccccc1/C=C/C1SC(=Nc2ccccc2)NN1C(=O)/C(=C/c1ccccc1)c1ccccc1.